The summed E-state index contributed by atoms with van der Waals surface area (Å²) in [6.45, 7) is 4.13. The molecular formula is C15H31O2. The van der Waals surface area contributed by atoms with Gasteiger partial charge in [0.2, 0.25) is 0 Å². The second kappa shape index (κ2) is 14.0. The second-order valence-corrected chi connectivity index (χ2v) is 4.99. The molecule has 0 aromatic rings. The van der Waals surface area contributed by atoms with Gasteiger partial charge in [0.1, 0.15) is 0 Å². The summed E-state index contributed by atoms with van der Waals surface area (Å²) >= 11 is 0. The van der Waals surface area contributed by atoms with Crippen LogP contribution in [0, 0.1) is 6.92 Å². The Bertz CT molecular complexity index is 137. The second-order valence-electron chi connectivity index (χ2n) is 4.99. The van der Waals surface area contributed by atoms with Crippen molar-refractivity contribution < 1.29 is 10.2 Å². The highest BCUT2D eigenvalue weighted by atomic mass is 16.3. The molecule has 2 nitrogen and oxygen atoms in total. The number of rotatable bonds is 13. The van der Waals surface area contributed by atoms with E-state index in [2.05, 4.69) is 6.92 Å². The molecule has 1 radical (unpaired) electrons. The molecule has 0 aliphatic heterocycles. The smallest absolute Gasteiger partial charge is 0.0540 e. The van der Waals surface area contributed by atoms with Gasteiger partial charge in [-0.25, -0.2) is 0 Å². The Balaban J connectivity index is 3.09. The lowest BCUT2D eigenvalue weighted by Crippen LogP contribution is -2.05. The number of hydrogen-bond donors (Lipinski definition) is 2. The number of aliphatic hydroxyl groups is 2. The minimum absolute atomic E-state index is 0.100. The van der Waals surface area contributed by atoms with Gasteiger partial charge in [-0.15, -0.1) is 0 Å². The third-order valence-electron chi connectivity index (χ3n) is 3.23. The molecule has 0 amide bonds. The van der Waals surface area contributed by atoms with Crippen LogP contribution in [-0.4, -0.2) is 22.9 Å². The Morgan fingerprint density at radius 3 is 1.71 bits per heavy atom. The SMILES string of the molecule is [CH2]CCCCCCCC(O)CCCCCCO. The minimum Gasteiger partial charge on any atom is -0.396 e. The third kappa shape index (κ3) is 13.9. The van der Waals surface area contributed by atoms with E-state index >= 15 is 0 Å². The van der Waals surface area contributed by atoms with Crippen molar-refractivity contribution in [2.24, 2.45) is 0 Å². The van der Waals surface area contributed by atoms with Gasteiger partial charge in [0, 0.05) is 6.61 Å². The zero-order valence-corrected chi connectivity index (χ0v) is 11.4. The zero-order chi connectivity index (χ0) is 12.8. The van der Waals surface area contributed by atoms with Gasteiger partial charge >= 0.3 is 0 Å². The fourth-order valence-corrected chi connectivity index (χ4v) is 2.08. The lowest BCUT2D eigenvalue weighted by molar-refractivity contribution is 0.147. The van der Waals surface area contributed by atoms with Crippen LogP contribution in [0.4, 0.5) is 0 Å². The molecule has 103 valence electrons. The highest BCUT2D eigenvalue weighted by Crippen LogP contribution is 2.13. The molecule has 1 unspecified atom stereocenters. The Hall–Kier alpha value is -0.0800. The molecule has 0 aliphatic carbocycles. The maximum Gasteiger partial charge on any atom is 0.0540 e. The Morgan fingerprint density at radius 2 is 1.18 bits per heavy atom. The average molecular weight is 243 g/mol. The average Bonchev–Trinajstić information content (AvgIpc) is 2.33. The first-order chi connectivity index (χ1) is 8.31. The van der Waals surface area contributed by atoms with Crippen molar-refractivity contribution in [1.82, 2.24) is 0 Å². The summed E-state index contributed by atoms with van der Waals surface area (Å²) in [7, 11) is 0. The summed E-state index contributed by atoms with van der Waals surface area (Å²) in [5, 5.41) is 18.4. The van der Waals surface area contributed by atoms with E-state index in [9.17, 15) is 5.11 Å². The fourth-order valence-electron chi connectivity index (χ4n) is 2.08. The van der Waals surface area contributed by atoms with E-state index in [1.807, 2.05) is 0 Å². The van der Waals surface area contributed by atoms with Gasteiger partial charge in [-0.1, -0.05) is 64.7 Å². The number of hydrogen-bond acceptors (Lipinski definition) is 2. The molecule has 0 aliphatic rings. The predicted molar refractivity (Wildman–Crippen MR) is 73.9 cm³/mol. The van der Waals surface area contributed by atoms with Crippen molar-refractivity contribution in [2.45, 2.75) is 83.2 Å². The van der Waals surface area contributed by atoms with E-state index < -0.39 is 0 Å². The van der Waals surface area contributed by atoms with Crippen LogP contribution in [0.25, 0.3) is 0 Å². The highest BCUT2D eigenvalue weighted by Gasteiger charge is 2.03. The molecule has 1 atom stereocenters. The number of aliphatic hydroxyl groups excluding tert-OH is 2. The van der Waals surface area contributed by atoms with Crippen molar-refractivity contribution >= 4 is 0 Å². The first-order valence-electron chi connectivity index (χ1n) is 7.39. The van der Waals surface area contributed by atoms with Crippen LogP contribution in [0.2, 0.25) is 0 Å². The van der Waals surface area contributed by atoms with Crippen LogP contribution in [0.15, 0.2) is 0 Å². The fraction of sp³-hybridized carbons (Fsp3) is 0.933. The lowest BCUT2D eigenvalue weighted by Gasteiger charge is -2.10. The third-order valence-corrected chi connectivity index (χ3v) is 3.23. The molecule has 0 spiro atoms. The van der Waals surface area contributed by atoms with Crippen LogP contribution in [0.3, 0.4) is 0 Å². The molecule has 2 N–H and O–H groups in total. The standard InChI is InChI=1S/C15H31O2/c1-2-3-4-5-6-9-12-15(17)13-10-7-8-11-14-16/h15-17H,1-14H2. The maximum absolute atomic E-state index is 9.75. The zero-order valence-electron chi connectivity index (χ0n) is 11.4. The summed E-state index contributed by atoms with van der Waals surface area (Å²) < 4.78 is 0. The molecule has 0 saturated carbocycles. The first kappa shape index (κ1) is 16.9. The van der Waals surface area contributed by atoms with Crippen molar-refractivity contribution in [2.75, 3.05) is 6.61 Å². The van der Waals surface area contributed by atoms with Gasteiger partial charge in [0.05, 0.1) is 6.10 Å². The van der Waals surface area contributed by atoms with E-state index in [1.54, 1.807) is 0 Å². The predicted octanol–water partition coefficient (Wildman–Crippen LogP) is 3.85. The normalized spacial score (nSPS) is 12.9. The van der Waals surface area contributed by atoms with Crippen molar-refractivity contribution in [3.05, 3.63) is 6.92 Å². The molecule has 0 bridgehead atoms. The Labute approximate surface area is 107 Å². The van der Waals surface area contributed by atoms with Gasteiger partial charge < -0.3 is 10.2 Å². The van der Waals surface area contributed by atoms with Gasteiger partial charge in [0.25, 0.3) is 0 Å². The Kier molecular flexibility index (Phi) is 13.9. The van der Waals surface area contributed by atoms with Gasteiger partial charge in [-0.05, 0) is 19.3 Å². The van der Waals surface area contributed by atoms with Gasteiger partial charge in [0.15, 0.2) is 0 Å². The minimum atomic E-state index is -0.100. The molecule has 0 saturated heterocycles. The largest absolute Gasteiger partial charge is 0.396 e. The van der Waals surface area contributed by atoms with Crippen molar-refractivity contribution in [3.63, 3.8) is 0 Å². The molecule has 0 heterocycles. The molecular weight excluding hydrogens is 212 g/mol. The Morgan fingerprint density at radius 1 is 0.706 bits per heavy atom. The summed E-state index contributed by atoms with van der Waals surface area (Å²) in [5.74, 6) is 0. The van der Waals surface area contributed by atoms with Crippen LogP contribution in [0.1, 0.15) is 77.0 Å². The highest BCUT2D eigenvalue weighted by molar-refractivity contribution is 4.57. The van der Waals surface area contributed by atoms with Gasteiger partial charge in [-0.2, -0.15) is 0 Å². The maximum atomic E-state index is 9.75. The molecule has 17 heavy (non-hydrogen) atoms. The lowest BCUT2D eigenvalue weighted by atomic mass is 10.0. The van der Waals surface area contributed by atoms with Crippen molar-refractivity contribution in [3.8, 4) is 0 Å². The van der Waals surface area contributed by atoms with Crippen LogP contribution >= 0.6 is 0 Å². The van der Waals surface area contributed by atoms with Crippen LogP contribution in [0.5, 0.6) is 0 Å². The quantitative estimate of drug-likeness (QED) is 0.482. The topological polar surface area (TPSA) is 40.5 Å². The van der Waals surface area contributed by atoms with Crippen LogP contribution < -0.4 is 0 Å². The summed E-state index contributed by atoms with van der Waals surface area (Å²) in [6, 6.07) is 0. The van der Waals surface area contributed by atoms with E-state index in [0.29, 0.717) is 6.61 Å². The van der Waals surface area contributed by atoms with Crippen LogP contribution in [-0.2, 0) is 0 Å². The van der Waals surface area contributed by atoms with Crippen molar-refractivity contribution in [1.29, 1.82) is 0 Å². The van der Waals surface area contributed by atoms with E-state index in [4.69, 9.17) is 5.11 Å². The molecule has 0 fully saturated rings. The molecule has 0 aromatic carbocycles. The van der Waals surface area contributed by atoms with E-state index in [1.165, 1.54) is 25.7 Å². The molecule has 0 rings (SSSR count). The summed E-state index contributed by atoms with van der Waals surface area (Å²) in [6.07, 6.45) is 13.3. The molecule has 2 heteroatoms. The number of unbranched alkanes of at least 4 members (excludes halogenated alkanes) is 8. The first-order valence-corrected chi connectivity index (χ1v) is 7.39. The van der Waals surface area contributed by atoms with E-state index in [-0.39, 0.29) is 6.10 Å². The monoisotopic (exact) mass is 243 g/mol. The summed E-state index contributed by atoms with van der Waals surface area (Å²) in [5.41, 5.74) is 0. The van der Waals surface area contributed by atoms with E-state index in [0.717, 1.165) is 51.4 Å². The van der Waals surface area contributed by atoms with Gasteiger partial charge in [-0.3, -0.25) is 0 Å². The summed E-state index contributed by atoms with van der Waals surface area (Å²) in [4.78, 5) is 0. The molecule has 0 aromatic heterocycles.